The molecule has 0 N–H and O–H groups in total. The summed E-state index contributed by atoms with van der Waals surface area (Å²) in [6, 6.07) is 20.5. The zero-order chi connectivity index (χ0) is 14.7. The van der Waals surface area contributed by atoms with Crippen molar-refractivity contribution in [3.63, 3.8) is 0 Å². The Morgan fingerprint density at radius 1 is 0.905 bits per heavy atom. The Morgan fingerprint density at radius 2 is 1.52 bits per heavy atom. The van der Waals surface area contributed by atoms with E-state index in [2.05, 4.69) is 50.4 Å². The summed E-state index contributed by atoms with van der Waals surface area (Å²) in [6.07, 6.45) is 4.26. The topological polar surface area (TPSA) is 17.8 Å². The van der Waals surface area contributed by atoms with Gasteiger partial charge in [0.2, 0.25) is 0 Å². The molecule has 2 aromatic carbocycles. The van der Waals surface area contributed by atoms with Crippen molar-refractivity contribution in [2.24, 2.45) is 0 Å². The molecule has 3 aromatic rings. The molecule has 1 aromatic heterocycles. The van der Waals surface area contributed by atoms with Crippen LogP contribution in [-0.2, 0) is 0 Å². The largest absolute Gasteiger partial charge is 0.240 e. The highest BCUT2D eigenvalue weighted by Crippen LogP contribution is 2.25. The molecule has 21 heavy (non-hydrogen) atoms. The first-order valence-electron chi connectivity index (χ1n) is 7.09. The van der Waals surface area contributed by atoms with Crippen molar-refractivity contribution in [1.82, 2.24) is 9.78 Å². The third-order valence-corrected chi connectivity index (χ3v) is 3.25. The summed E-state index contributed by atoms with van der Waals surface area (Å²) in [5.74, 6) is 0. The van der Waals surface area contributed by atoms with Gasteiger partial charge in [0.1, 0.15) is 0 Å². The number of hydrogen-bond donors (Lipinski definition) is 0. The maximum Gasteiger partial charge on any atom is 0.0999 e. The van der Waals surface area contributed by atoms with Crippen molar-refractivity contribution in [3.8, 4) is 16.9 Å². The van der Waals surface area contributed by atoms with Crippen LogP contribution < -0.4 is 0 Å². The smallest absolute Gasteiger partial charge is 0.0999 e. The molecule has 0 aliphatic heterocycles. The van der Waals surface area contributed by atoms with Gasteiger partial charge in [0.05, 0.1) is 11.4 Å². The minimum Gasteiger partial charge on any atom is -0.240 e. The van der Waals surface area contributed by atoms with E-state index in [1.807, 2.05) is 41.1 Å². The number of nitrogens with zero attached hydrogens (tertiary/aromatic N) is 2. The molecule has 0 fully saturated rings. The standard InChI is InChI=1S/C19H18N2/c1-15(2)13-17-14-21(18-11-7-4-8-12-18)20-19(17)16-9-5-3-6-10-16/h3-14H,1-2H3. The summed E-state index contributed by atoms with van der Waals surface area (Å²) in [7, 11) is 0. The van der Waals surface area contributed by atoms with E-state index in [0.29, 0.717) is 0 Å². The van der Waals surface area contributed by atoms with Crippen LogP contribution in [0.4, 0.5) is 0 Å². The van der Waals surface area contributed by atoms with E-state index in [9.17, 15) is 0 Å². The number of allylic oxidation sites excluding steroid dienone is 1. The SMILES string of the molecule is CC(C)=Cc1cn(-c2ccccc2)nc1-c1ccccc1. The van der Waals surface area contributed by atoms with Crippen molar-refractivity contribution >= 4 is 6.08 Å². The van der Waals surface area contributed by atoms with E-state index in [1.54, 1.807) is 0 Å². The molecule has 0 atom stereocenters. The summed E-state index contributed by atoms with van der Waals surface area (Å²) in [4.78, 5) is 0. The molecule has 0 aliphatic rings. The summed E-state index contributed by atoms with van der Waals surface area (Å²) in [6.45, 7) is 4.21. The molecule has 0 saturated heterocycles. The molecule has 0 bridgehead atoms. The van der Waals surface area contributed by atoms with Crippen molar-refractivity contribution < 1.29 is 0 Å². The fourth-order valence-corrected chi connectivity index (χ4v) is 2.34. The van der Waals surface area contributed by atoms with Crippen LogP contribution in [0.5, 0.6) is 0 Å². The van der Waals surface area contributed by atoms with Crippen LogP contribution in [0.15, 0.2) is 72.4 Å². The molecule has 2 heteroatoms. The molecule has 0 aliphatic carbocycles. The quantitative estimate of drug-likeness (QED) is 0.660. The summed E-state index contributed by atoms with van der Waals surface area (Å²) < 4.78 is 1.94. The lowest BCUT2D eigenvalue weighted by atomic mass is 10.1. The first kappa shape index (κ1) is 13.4. The summed E-state index contributed by atoms with van der Waals surface area (Å²) in [5, 5.41) is 4.78. The second-order valence-corrected chi connectivity index (χ2v) is 5.30. The van der Waals surface area contributed by atoms with Gasteiger partial charge < -0.3 is 0 Å². The van der Waals surface area contributed by atoms with Crippen LogP contribution >= 0.6 is 0 Å². The zero-order valence-corrected chi connectivity index (χ0v) is 12.3. The predicted octanol–water partition coefficient (Wildman–Crippen LogP) is 4.96. The highest BCUT2D eigenvalue weighted by Gasteiger charge is 2.10. The third-order valence-electron chi connectivity index (χ3n) is 3.25. The lowest BCUT2D eigenvalue weighted by Gasteiger charge is -2.00. The van der Waals surface area contributed by atoms with Gasteiger partial charge in [-0.05, 0) is 26.0 Å². The van der Waals surface area contributed by atoms with Gasteiger partial charge in [-0.15, -0.1) is 0 Å². The van der Waals surface area contributed by atoms with Crippen molar-refractivity contribution in [2.75, 3.05) is 0 Å². The van der Waals surface area contributed by atoms with E-state index in [-0.39, 0.29) is 0 Å². The molecule has 1 heterocycles. The Kier molecular flexibility index (Phi) is 3.69. The Morgan fingerprint density at radius 3 is 2.14 bits per heavy atom. The van der Waals surface area contributed by atoms with Crippen LogP contribution in [0.1, 0.15) is 19.4 Å². The maximum atomic E-state index is 4.78. The van der Waals surface area contributed by atoms with Gasteiger partial charge >= 0.3 is 0 Å². The highest BCUT2D eigenvalue weighted by atomic mass is 15.3. The fourth-order valence-electron chi connectivity index (χ4n) is 2.34. The second kappa shape index (κ2) is 5.80. The van der Waals surface area contributed by atoms with Gasteiger partial charge in [-0.3, -0.25) is 0 Å². The Labute approximate surface area is 125 Å². The highest BCUT2D eigenvalue weighted by molar-refractivity contribution is 5.72. The second-order valence-electron chi connectivity index (χ2n) is 5.30. The van der Waals surface area contributed by atoms with E-state index in [1.165, 1.54) is 5.57 Å². The molecule has 0 saturated carbocycles. The molecular formula is C19H18N2. The molecular weight excluding hydrogens is 256 g/mol. The minimum absolute atomic E-state index is 1.01. The lowest BCUT2D eigenvalue weighted by molar-refractivity contribution is 0.884. The van der Waals surface area contributed by atoms with Crippen molar-refractivity contribution in [2.45, 2.75) is 13.8 Å². The number of rotatable bonds is 3. The van der Waals surface area contributed by atoms with Crippen molar-refractivity contribution in [3.05, 3.63) is 78.0 Å². The van der Waals surface area contributed by atoms with Gasteiger partial charge in [-0.1, -0.05) is 60.2 Å². The molecule has 0 amide bonds. The van der Waals surface area contributed by atoms with Crippen LogP contribution in [-0.4, -0.2) is 9.78 Å². The Balaban J connectivity index is 2.14. The Bertz CT molecular complexity index is 749. The number of hydrogen-bond acceptors (Lipinski definition) is 1. The zero-order valence-electron chi connectivity index (χ0n) is 12.3. The van der Waals surface area contributed by atoms with Crippen LogP contribution in [0.25, 0.3) is 23.0 Å². The summed E-state index contributed by atoms with van der Waals surface area (Å²) in [5.41, 5.74) is 5.63. The predicted molar refractivity (Wildman–Crippen MR) is 88.3 cm³/mol. The van der Waals surface area contributed by atoms with Crippen LogP contribution in [0, 0.1) is 0 Å². The minimum atomic E-state index is 1.01. The van der Waals surface area contributed by atoms with Gasteiger partial charge in [-0.2, -0.15) is 5.10 Å². The molecule has 0 spiro atoms. The monoisotopic (exact) mass is 274 g/mol. The molecule has 2 nitrogen and oxygen atoms in total. The lowest BCUT2D eigenvalue weighted by Crippen LogP contribution is -1.93. The maximum absolute atomic E-state index is 4.78. The third kappa shape index (κ3) is 2.95. The van der Waals surface area contributed by atoms with E-state index >= 15 is 0 Å². The van der Waals surface area contributed by atoms with Gasteiger partial charge in [-0.25, -0.2) is 4.68 Å². The van der Waals surface area contributed by atoms with Crippen molar-refractivity contribution in [1.29, 1.82) is 0 Å². The fraction of sp³-hybridized carbons (Fsp3) is 0.105. The average molecular weight is 274 g/mol. The van der Waals surface area contributed by atoms with E-state index < -0.39 is 0 Å². The van der Waals surface area contributed by atoms with Crippen LogP contribution in [0.2, 0.25) is 0 Å². The van der Waals surface area contributed by atoms with E-state index in [4.69, 9.17) is 5.10 Å². The normalized spacial score (nSPS) is 10.4. The molecule has 3 rings (SSSR count). The summed E-state index contributed by atoms with van der Waals surface area (Å²) >= 11 is 0. The number of aromatic nitrogens is 2. The number of benzene rings is 2. The van der Waals surface area contributed by atoms with Gasteiger partial charge in [0, 0.05) is 17.3 Å². The van der Waals surface area contributed by atoms with Gasteiger partial charge in [0.15, 0.2) is 0 Å². The first-order chi connectivity index (χ1) is 10.2. The van der Waals surface area contributed by atoms with Gasteiger partial charge in [0.25, 0.3) is 0 Å². The average Bonchev–Trinajstić information content (AvgIpc) is 2.92. The van der Waals surface area contributed by atoms with E-state index in [0.717, 1.165) is 22.5 Å². The molecule has 0 unspecified atom stereocenters. The number of para-hydroxylation sites is 1. The Hall–Kier alpha value is -2.61. The molecule has 104 valence electrons. The first-order valence-corrected chi connectivity index (χ1v) is 7.09. The molecule has 0 radical (unpaired) electrons. The van der Waals surface area contributed by atoms with Crippen LogP contribution in [0.3, 0.4) is 0 Å².